The summed E-state index contributed by atoms with van der Waals surface area (Å²) in [5.41, 5.74) is 12.4. The lowest BCUT2D eigenvalue weighted by Gasteiger charge is -2.37. The Hall–Kier alpha value is -3.28. The van der Waals surface area contributed by atoms with Crippen molar-refractivity contribution in [3.63, 3.8) is 0 Å². The first-order chi connectivity index (χ1) is 17.5. The van der Waals surface area contributed by atoms with Crippen molar-refractivity contribution in [2.24, 2.45) is 23.3 Å². The Morgan fingerprint density at radius 1 is 1.03 bits per heavy atom. The number of piperidine rings is 1. The number of nitrogens with one attached hydrogen (secondary N) is 1. The van der Waals surface area contributed by atoms with Gasteiger partial charge in [-0.05, 0) is 56.4 Å². The number of piperazine rings is 1. The number of likely N-dealkylation sites (tertiary alicyclic amines) is 1. The molecule has 3 fully saturated rings. The molecule has 37 heavy (non-hydrogen) atoms. The van der Waals surface area contributed by atoms with Gasteiger partial charge in [0.15, 0.2) is 0 Å². The standard InChI is InChI=1S/C26H36N8O3/c1-16(33-14-19-20(15-33)22(19)27)17-4-6-18(7-5-17)34-9-8-21(30-25(34)37)29-24(36)32-12-10-31(11-13-32)23(35)26(2,3)28/h4-9,16,19-20,22H,10-15,27-28H2,1-3H3,(H,29,30,36,37)/t16?,19-,20+,22+. The van der Waals surface area contributed by atoms with Crippen LogP contribution < -0.4 is 22.5 Å². The Morgan fingerprint density at radius 3 is 2.19 bits per heavy atom. The summed E-state index contributed by atoms with van der Waals surface area (Å²) < 4.78 is 1.45. The van der Waals surface area contributed by atoms with E-state index in [0.717, 1.165) is 13.1 Å². The largest absolute Gasteiger partial charge is 0.354 e. The molecule has 2 aromatic rings. The van der Waals surface area contributed by atoms with E-state index >= 15 is 0 Å². The first-order valence-corrected chi connectivity index (χ1v) is 12.9. The second kappa shape index (κ2) is 9.55. The maximum Gasteiger partial charge on any atom is 0.354 e. The van der Waals surface area contributed by atoms with E-state index in [1.54, 1.807) is 35.9 Å². The molecule has 3 heterocycles. The van der Waals surface area contributed by atoms with Crippen LogP contribution in [0, 0.1) is 11.8 Å². The monoisotopic (exact) mass is 508 g/mol. The minimum Gasteiger partial charge on any atom is -0.338 e. The molecular formula is C26H36N8O3. The molecule has 4 atom stereocenters. The lowest BCUT2D eigenvalue weighted by atomic mass is 10.1. The number of carbonyl (C=O) groups excluding carboxylic acids is 2. The third kappa shape index (κ3) is 5.11. The van der Waals surface area contributed by atoms with Gasteiger partial charge >= 0.3 is 11.7 Å². The molecule has 2 saturated heterocycles. The van der Waals surface area contributed by atoms with Gasteiger partial charge in [0.1, 0.15) is 5.82 Å². The Labute approximate surface area is 216 Å². The van der Waals surface area contributed by atoms with E-state index in [1.807, 2.05) is 24.3 Å². The normalized spacial score (nSPS) is 24.5. The van der Waals surface area contributed by atoms with Crippen molar-refractivity contribution in [2.45, 2.75) is 38.4 Å². The number of amides is 3. The van der Waals surface area contributed by atoms with Crippen molar-refractivity contribution in [3.05, 3.63) is 52.6 Å². The fourth-order valence-corrected chi connectivity index (χ4v) is 5.42. The van der Waals surface area contributed by atoms with E-state index < -0.39 is 11.2 Å². The van der Waals surface area contributed by atoms with Crippen LogP contribution in [-0.4, -0.2) is 87.0 Å². The summed E-state index contributed by atoms with van der Waals surface area (Å²) in [7, 11) is 0. The molecule has 198 valence electrons. The molecule has 11 heteroatoms. The summed E-state index contributed by atoms with van der Waals surface area (Å²) in [5.74, 6) is 1.33. The fraction of sp³-hybridized carbons (Fsp3) is 0.538. The number of hydrogen-bond acceptors (Lipinski definition) is 7. The third-order valence-corrected chi connectivity index (χ3v) is 7.93. The van der Waals surface area contributed by atoms with Gasteiger partial charge in [-0.1, -0.05) is 12.1 Å². The highest BCUT2D eigenvalue weighted by atomic mass is 16.2. The molecular weight excluding hydrogens is 472 g/mol. The molecule has 2 aliphatic heterocycles. The number of aromatic nitrogens is 2. The van der Waals surface area contributed by atoms with Crippen molar-refractivity contribution in [2.75, 3.05) is 44.6 Å². The van der Waals surface area contributed by atoms with Crippen molar-refractivity contribution in [1.29, 1.82) is 0 Å². The molecule has 1 unspecified atom stereocenters. The van der Waals surface area contributed by atoms with E-state index in [1.165, 1.54) is 10.1 Å². The zero-order chi connectivity index (χ0) is 26.5. The van der Waals surface area contributed by atoms with Crippen LogP contribution in [0.2, 0.25) is 0 Å². The summed E-state index contributed by atoms with van der Waals surface area (Å²) >= 11 is 0. The van der Waals surface area contributed by atoms with E-state index in [4.69, 9.17) is 11.5 Å². The number of urea groups is 1. The third-order valence-electron chi connectivity index (χ3n) is 7.93. The quantitative estimate of drug-likeness (QED) is 0.537. The van der Waals surface area contributed by atoms with E-state index in [-0.39, 0.29) is 17.8 Å². The van der Waals surface area contributed by atoms with Gasteiger partial charge in [-0.15, -0.1) is 0 Å². The van der Waals surface area contributed by atoms with Gasteiger partial charge in [0.2, 0.25) is 5.91 Å². The lowest BCUT2D eigenvalue weighted by molar-refractivity contribution is -0.137. The van der Waals surface area contributed by atoms with Gasteiger partial charge < -0.3 is 21.3 Å². The van der Waals surface area contributed by atoms with Gasteiger partial charge in [0.25, 0.3) is 0 Å². The minimum atomic E-state index is -0.945. The van der Waals surface area contributed by atoms with E-state index in [9.17, 15) is 14.4 Å². The molecule has 1 aliphatic carbocycles. The molecule has 0 bridgehead atoms. The molecule has 1 saturated carbocycles. The van der Waals surface area contributed by atoms with Crippen molar-refractivity contribution < 1.29 is 9.59 Å². The van der Waals surface area contributed by atoms with Gasteiger partial charge in [0, 0.05) is 57.5 Å². The molecule has 5 N–H and O–H groups in total. The van der Waals surface area contributed by atoms with Crippen LogP contribution in [0.25, 0.3) is 5.69 Å². The Bertz CT molecular complexity index is 1220. The van der Waals surface area contributed by atoms with Crippen LogP contribution in [0.15, 0.2) is 41.3 Å². The Kier molecular flexibility index (Phi) is 6.55. The second-order valence-electron chi connectivity index (χ2n) is 11.0. The zero-order valence-electron chi connectivity index (χ0n) is 21.6. The maximum atomic E-state index is 12.7. The molecule has 0 spiro atoms. The maximum absolute atomic E-state index is 12.7. The lowest BCUT2D eigenvalue weighted by Crippen LogP contribution is -2.58. The number of benzene rings is 1. The summed E-state index contributed by atoms with van der Waals surface area (Å²) in [4.78, 5) is 47.5. The first kappa shape index (κ1) is 25.4. The van der Waals surface area contributed by atoms with Gasteiger partial charge in [-0.3, -0.25) is 19.6 Å². The van der Waals surface area contributed by atoms with Crippen molar-refractivity contribution >= 4 is 17.8 Å². The smallest absolute Gasteiger partial charge is 0.338 e. The number of rotatable bonds is 5. The molecule has 0 radical (unpaired) electrons. The predicted octanol–water partition coefficient (Wildman–Crippen LogP) is 0.596. The van der Waals surface area contributed by atoms with Gasteiger partial charge in [-0.2, -0.15) is 4.98 Å². The molecule has 11 nitrogen and oxygen atoms in total. The highest BCUT2D eigenvalue weighted by Crippen LogP contribution is 2.46. The predicted molar refractivity (Wildman–Crippen MR) is 140 cm³/mol. The van der Waals surface area contributed by atoms with Crippen LogP contribution in [0.4, 0.5) is 10.6 Å². The summed E-state index contributed by atoms with van der Waals surface area (Å²) in [6.07, 6.45) is 1.61. The number of hydrogen-bond donors (Lipinski definition) is 3. The summed E-state index contributed by atoms with van der Waals surface area (Å²) in [6, 6.07) is 9.84. The number of carbonyl (C=O) groups is 2. The summed E-state index contributed by atoms with van der Waals surface area (Å²) in [6.45, 7) is 9.20. The van der Waals surface area contributed by atoms with Crippen LogP contribution in [-0.2, 0) is 4.79 Å². The van der Waals surface area contributed by atoms with Crippen molar-refractivity contribution in [1.82, 2.24) is 24.3 Å². The molecule has 3 amide bonds. The number of fused-ring (bicyclic) bond motifs is 1. The van der Waals surface area contributed by atoms with E-state index in [2.05, 4.69) is 22.1 Å². The number of anilines is 1. The average Bonchev–Trinajstić information content (AvgIpc) is 3.26. The Balaban J connectivity index is 1.17. The molecule has 3 aliphatic rings. The molecule has 5 rings (SSSR count). The van der Waals surface area contributed by atoms with Crippen LogP contribution >= 0.6 is 0 Å². The minimum absolute atomic E-state index is 0.141. The van der Waals surface area contributed by atoms with Gasteiger partial charge in [0.05, 0.1) is 11.2 Å². The first-order valence-electron chi connectivity index (χ1n) is 12.9. The second-order valence-corrected chi connectivity index (χ2v) is 11.0. The topological polar surface area (TPSA) is 143 Å². The van der Waals surface area contributed by atoms with Crippen molar-refractivity contribution in [3.8, 4) is 5.69 Å². The van der Waals surface area contributed by atoms with Crippen LogP contribution in [0.3, 0.4) is 0 Å². The molecule has 1 aromatic carbocycles. The number of nitrogens with zero attached hydrogens (tertiary/aromatic N) is 5. The zero-order valence-corrected chi connectivity index (χ0v) is 21.6. The van der Waals surface area contributed by atoms with Crippen LogP contribution in [0.5, 0.6) is 0 Å². The average molecular weight is 509 g/mol. The van der Waals surface area contributed by atoms with E-state index in [0.29, 0.717) is 55.8 Å². The Morgan fingerprint density at radius 2 is 1.62 bits per heavy atom. The highest BCUT2D eigenvalue weighted by molar-refractivity contribution is 5.89. The summed E-state index contributed by atoms with van der Waals surface area (Å²) in [5, 5.41) is 2.69. The SMILES string of the molecule is CC(c1ccc(-n2ccc(NC(=O)N3CCN(C(=O)C(C)(C)N)CC3)nc2=O)cc1)N1C[C@@H]2[C@@H](N)[C@@H]2C1. The fourth-order valence-electron chi connectivity index (χ4n) is 5.42. The highest BCUT2D eigenvalue weighted by Gasteiger charge is 2.54. The van der Waals surface area contributed by atoms with Crippen LogP contribution in [0.1, 0.15) is 32.4 Å². The molecule has 1 aromatic heterocycles. The number of nitrogens with two attached hydrogens (primary N) is 2. The van der Waals surface area contributed by atoms with Gasteiger partial charge in [-0.25, -0.2) is 9.59 Å².